The number of rotatable bonds is 7. The van der Waals surface area contributed by atoms with Crippen LogP contribution in [0.15, 0.2) is 45.8 Å². The Kier molecular flexibility index (Phi) is 7.21. The summed E-state index contributed by atoms with van der Waals surface area (Å²) < 4.78 is 18.3. The first-order chi connectivity index (χ1) is 13.9. The molecule has 5 nitrogen and oxygen atoms in total. The van der Waals surface area contributed by atoms with Gasteiger partial charge in [-0.1, -0.05) is 41.7 Å². The van der Waals surface area contributed by atoms with Crippen LogP contribution in [0.2, 0.25) is 0 Å². The van der Waals surface area contributed by atoms with E-state index in [2.05, 4.69) is 15.9 Å². The smallest absolute Gasteiger partial charge is 0.265 e. The largest absolute Gasteiger partial charge is 0.493 e. The molecular formula is C21H20BrNO4S2. The minimum absolute atomic E-state index is 0.108. The molecule has 0 aliphatic carbocycles. The number of likely N-dealkylation sites (N-methyl/N-ethyl adjacent to an activating group) is 1. The van der Waals surface area contributed by atoms with E-state index in [4.69, 9.17) is 26.4 Å². The number of nitrogens with zero attached hydrogens (tertiary/aromatic N) is 1. The predicted molar refractivity (Wildman–Crippen MR) is 124 cm³/mol. The van der Waals surface area contributed by atoms with Crippen molar-refractivity contribution in [1.29, 1.82) is 0 Å². The number of thioether (sulfide) groups is 1. The number of halogens is 1. The molecule has 3 rings (SSSR count). The molecule has 1 amide bonds. The third-order valence-corrected chi connectivity index (χ3v) is 6.23. The fourth-order valence-corrected chi connectivity index (χ4v) is 4.35. The van der Waals surface area contributed by atoms with Crippen molar-refractivity contribution in [3.8, 4) is 17.2 Å². The second-order valence-electron chi connectivity index (χ2n) is 6.28. The van der Waals surface area contributed by atoms with Crippen LogP contribution in [-0.4, -0.2) is 42.5 Å². The lowest BCUT2D eigenvalue weighted by atomic mass is 10.2. The van der Waals surface area contributed by atoms with E-state index in [1.54, 1.807) is 20.2 Å². The standard InChI is InChI=1S/C21H20BrNO4S2/c1-13-4-6-15(7-5-13)26-8-9-27-19-16(22)10-14(11-17(19)25-3)12-18-20(24)23(2)21(28)29-18/h4-7,10-12H,8-9H2,1-3H3. The molecule has 1 heterocycles. The van der Waals surface area contributed by atoms with Crippen molar-refractivity contribution in [2.24, 2.45) is 0 Å². The highest BCUT2D eigenvalue weighted by molar-refractivity contribution is 9.10. The maximum atomic E-state index is 12.2. The molecule has 8 heteroatoms. The van der Waals surface area contributed by atoms with E-state index in [9.17, 15) is 4.79 Å². The molecule has 1 aliphatic heterocycles. The molecule has 1 aliphatic rings. The van der Waals surface area contributed by atoms with Gasteiger partial charge in [0.15, 0.2) is 11.5 Å². The summed E-state index contributed by atoms with van der Waals surface area (Å²) in [7, 11) is 3.25. The Bertz CT molecular complexity index is 960. The Labute approximate surface area is 188 Å². The van der Waals surface area contributed by atoms with Crippen molar-refractivity contribution in [2.75, 3.05) is 27.4 Å². The molecule has 0 unspecified atom stereocenters. The zero-order chi connectivity index (χ0) is 21.0. The van der Waals surface area contributed by atoms with Crippen molar-refractivity contribution >= 4 is 56.2 Å². The summed E-state index contributed by atoms with van der Waals surface area (Å²) in [5.41, 5.74) is 1.99. The van der Waals surface area contributed by atoms with E-state index in [1.807, 2.05) is 43.3 Å². The van der Waals surface area contributed by atoms with Crippen LogP contribution >= 0.6 is 39.9 Å². The van der Waals surface area contributed by atoms with Crippen molar-refractivity contribution in [3.63, 3.8) is 0 Å². The highest BCUT2D eigenvalue weighted by atomic mass is 79.9. The number of hydrogen-bond donors (Lipinski definition) is 0. The number of aryl methyl sites for hydroxylation is 1. The van der Waals surface area contributed by atoms with E-state index in [-0.39, 0.29) is 5.91 Å². The average molecular weight is 494 g/mol. The minimum Gasteiger partial charge on any atom is -0.493 e. The van der Waals surface area contributed by atoms with Gasteiger partial charge in [-0.15, -0.1) is 0 Å². The number of carbonyl (C=O) groups excluding carboxylic acids is 1. The molecule has 29 heavy (non-hydrogen) atoms. The normalized spacial score (nSPS) is 15.2. The lowest BCUT2D eigenvalue weighted by Crippen LogP contribution is -2.22. The first kappa shape index (κ1) is 21.7. The molecular weight excluding hydrogens is 474 g/mol. The third-order valence-electron chi connectivity index (χ3n) is 4.16. The molecule has 1 fully saturated rings. The fourth-order valence-electron chi connectivity index (χ4n) is 2.60. The number of ether oxygens (including phenoxy) is 3. The van der Waals surface area contributed by atoms with E-state index >= 15 is 0 Å². The van der Waals surface area contributed by atoms with E-state index in [1.165, 1.54) is 22.2 Å². The summed E-state index contributed by atoms with van der Waals surface area (Å²) in [5.74, 6) is 1.84. The van der Waals surface area contributed by atoms with Crippen molar-refractivity contribution < 1.29 is 19.0 Å². The first-order valence-corrected chi connectivity index (χ1v) is 10.8. The third kappa shape index (κ3) is 5.32. The summed E-state index contributed by atoms with van der Waals surface area (Å²) in [6.45, 7) is 2.79. The quantitative estimate of drug-likeness (QED) is 0.305. The van der Waals surface area contributed by atoms with Crippen LogP contribution in [0, 0.1) is 6.92 Å². The number of hydrogen-bond acceptors (Lipinski definition) is 6. The Morgan fingerprint density at radius 1 is 1.17 bits per heavy atom. The van der Waals surface area contributed by atoms with Crippen LogP contribution in [0.3, 0.4) is 0 Å². The molecule has 0 radical (unpaired) electrons. The summed E-state index contributed by atoms with van der Waals surface area (Å²) >= 11 is 9.98. The summed E-state index contributed by atoms with van der Waals surface area (Å²) in [6.07, 6.45) is 1.79. The van der Waals surface area contributed by atoms with Gasteiger partial charge in [0.25, 0.3) is 5.91 Å². The molecule has 152 valence electrons. The highest BCUT2D eigenvalue weighted by Crippen LogP contribution is 2.39. The Morgan fingerprint density at radius 2 is 1.86 bits per heavy atom. The van der Waals surface area contributed by atoms with Crippen LogP contribution in [0.25, 0.3) is 6.08 Å². The summed E-state index contributed by atoms with van der Waals surface area (Å²) in [6, 6.07) is 11.6. The predicted octanol–water partition coefficient (Wildman–Crippen LogP) is 5.05. The second kappa shape index (κ2) is 9.65. The van der Waals surface area contributed by atoms with Gasteiger partial charge < -0.3 is 14.2 Å². The van der Waals surface area contributed by atoms with E-state index in [0.29, 0.717) is 33.9 Å². The van der Waals surface area contributed by atoms with Crippen LogP contribution < -0.4 is 14.2 Å². The molecule has 0 spiro atoms. The monoisotopic (exact) mass is 493 g/mol. The zero-order valence-corrected chi connectivity index (χ0v) is 19.4. The van der Waals surface area contributed by atoms with E-state index in [0.717, 1.165) is 15.8 Å². The highest BCUT2D eigenvalue weighted by Gasteiger charge is 2.28. The SMILES string of the molecule is COc1cc(C=C2SC(=S)N(C)C2=O)cc(Br)c1OCCOc1ccc(C)cc1. The molecule has 0 bridgehead atoms. The maximum Gasteiger partial charge on any atom is 0.265 e. The Morgan fingerprint density at radius 3 is 2.48 bits per heavy atom. The van der Waals surface area contributed by atoms with Gasteiger partial charge in [0, 0.05) is 7.05 Å². The van der Waals surface area contributed by atoms with Crippen LogP contribution in [0.1, 0.15) is 11.1 Å². The fraction of sp³-hybridized carbons (Fsp3) is 0.238. The van der Waals surface area contributed by atoms with Gasteiger partial charge in [-0.3, -0.25) is 9.69 Å². The minimum atomic E-state index is -0.108. The summed E-state index contributed by atoms with van der Waals surface area (Å²) in [5, 5.41) is 0. The van der Waals surface area contributed by atoms with Crippen molar-refractivity contribution in [2.45, 2.75) is 6.92 Å². The van der Waals surface area contributed by atoms with Crippen molar-refractivity contribution in [1.82, 2.24) is 4.90 Å². The van der Waals surface area contributed by atoms with Crippen molar-refractivity contribution in [3.05, 3.63) is 56.9 Å². The molecule has 2 aromatic rings. The van der Waals surface area contributed by atoms with Gasteiger partial charge in [0.2, 0.25) is 0 Å². The van der Waals surface area contributed by atoms with Gasteiger partial charge in [0.05, 0.1) is 16.5 Å². The van der Waals surface area contributed by atoms with Gasteiger partial charge in [-0.2, -0.15) is 0 Å². The molecule has 0 aromatic heterocycles. The topological polar surface area (TPSA) is 48.0 Å². The number of amides is 1. The molecule has 0 atom stereocenters. The molecule has 1 saturated heterocycles. The number of carbonyl (C=O) groups is 1. The maximum absolute atomic E-state index is 12.2. The number of thiocarbonyl (C=S) groups is 1. The van der Waals surface area contributed by atoms with E-state index < -0.39 is 0 Å². The van der Waals surface area contributed by atoms with Gasteiger partial charge in [-0.25, -0.2) is 0 Å². The van der Waals surface area contributed by atoms with Crippen LogP contribution in [-0.2, 0) is 4.79 Å². The first-order valence-electron chi connectivity index (χ1n) is 8.80. The lowest BCUT2D eigenvalue weighted by Gasteiger charge is -2.14. The number of benzene rings is 2. The van der Waals surface area contributed by atoms with Gasteiger partial charge >= 0.3 is 0 Å². The Hall–Kier alpha value is -2.03. The van der Waals surface area contributed by atoms with Crippen LogP contribution in [0.4, 0.5) is 0 Å². The Balaban J connectivity index is 1.68. The van der Waals surface area contributed by atoms with Gasteiger partial charge in [-0.05, 0) is 58.8 Å². The van der Waals surface area contributed by atoms with Crippen LogP contribution in [0.5, 0.6) is 17.2 Å². The second-order valence-corrected chi connectivity index (χ2v) is 8.81. The summed E-state index contributed by atoms with van der Waals surface area (Å²) in [4.78, 5) is 14.2. The number of methoxy groups -OCH3 is 1. The molecule has 2 aromatic carbocycles. The lowest BCUT2D eigenvalue weighted by molar-refractivity contribution is -0.121. The average Bonchev–Trinajstić information content (AvgIpc) is 2.94. The molecule has 0 saturated carbocycles. The zero-order valence-electron chi connectivity index (χ0n) is 16.2. The van der Waals surface area contributed by atoms with Gasteiger partial charge in [0.1, 0.15) is 23.3 Å². The molecule has 0 N–H and O–H groups in total.